The molecule has 0 spiro atoms. The second kappa shape index (κ2) is 10.6. The van der Waals surface area contributed by atoms with Crippen LogP contribution >= 0.6 is 0 Å². The van der Waals surface area contributed by atoms with Crippen LogP contribution in [0.5, 0.6) is 0 Å². The molecular weight excluding hydrogens is 373 g/mol. The van der Waals surface area contributed by atoms with Crippen molar-refractivity contribution in [1.29, 1.82) is 0 Å². The minimum atomic E-state index is -1.68. The van der Waals surface area contributed by atoms with E-state index in [1.807, 2.05) is 49.9 Å². The Balaban J connectivity index is 2.00. The molecular formula is C20H32BN3O5. The fourth-order valence-electron chi connectivity index (χ4n) is 3.37. The smallest absolute Gasteiger partial charge is 0.426 e. The molecule has 0 unspecified atom stereocenters. The molecule has 2 rings (SSSR count). The number of nitrogens with zero attached hydrogens (tertiary/aromatic N) is 1. The van der Waals surface area contributed by atoms with E-state index in [1.54, 1.807) is 0 Å². The third-order valence-corrected chi connectivity index (χ3v) is 5.07. The molecule has 1 aromatic carbocycles. The summed E-state index contributed by atoms with van der Waals surface area (Å²) < 4.78 is 5.09. The predicted octanol–water partition coefficient (Wildman–Crippen LogP) is 0.248. The normalized spacial score (nSPS) is 18.0. The molecule has 1 aliphatic heterocycles. The lowest BCUT2D eigenvalue weighted by Gasteiger charge is -2.42. The largest absolute Gasteiger partial charge is 0.475 e. The van der Waals surface area contributed by atoms with Gasteiger partial charge in [0.2, 0.25) is 11.8 Å². The summed E-state index contributed by atoms with van der Waals surface area (Å²) in [5, 5.41) is 24.4. The summed E-state index contributed by atoms with van der Waals surface area (Å²) in [5.74, 6) is -1.40. The van der Waals surface area contributed by atoms with Crippen LogP contribution in [0.3, 0.4) is 0 Å². The molecule has 9 heteroatoms. The van der Waals surface area contributed by atoms with Gasteiger partial charge in [0.15, 0.2) is 0 Å². The van der Waals surface area contributed by atoms with Gasteiger partial charge in [-0.15, -0.1) is 0 Å². The highest BCUT2D eigenvalue weighted by Gasteiger charge is 2.37. The van der Waals surface area contributed by atoms with E-state index in [2.05, 4.69) is 10.6 Å². The maximum absolute atomic E-state index is 12.8. The molecule has 1 fully saturated rings. The first-order chi connectivity index (χ1) is 13.7. The number of anilines is 1. The number of nitrogens with one attached hydrogen (secondary N) is 2. The number of amides is 2. The maximum atomic E-state index is 12.8. The second-order valence-corrected chi connectivity index (χ2v) is 8.01. The Morgan fingerprint density at radius 3 is 2.38 bits per heavy atom. The maximum Gasteiger partial charge on any atom is 0.475 e. The molecule has 2 amide bonds. The number of hydrogen-bond donors (Lipinski definition) is 4. The Bertz CT molecular complexity index is 683. The van der Waals surface area contributed by atoms with Crippen LogP contribution in [0.1, 0.15) is 32.3 Å². The van der Waals surface area contributed by atoms with Crippen molar-refractivity contribution in [3.05, 3.63) is 29.8 Å². The summed E-state index contributed by atoms with van der Waals surface area (Å²) in [6.07, 6.45) is 1.10. The minimum Gasteiger partial charge on any atom is -0.426 e. The molecule has 0 aliphatic carbocycles. The van der Waals surface area contributed by atoms with Crippen molar-refractivity contribution >= 4 is 24.6 Å². The van der Waals surface area contributed by atoms with Crippen molar-refractivity contribution < 1.29 is 24.4 Å². The number of hydrogen-bond acceptors (Lipinski definition) is 6. The van der Waals surface area contributed by atoms with E-state index in [1.165, 1.54) is 7.11 Å². The highest BCUT2D eigenvalue weighted by molar-refractivity contribution is 6.43. The molecule has 0 aromatic heterocycles. The first kappa shape index (κ1) is 23.2. The fraction of sp³-hybridized carbons (Fsp3) is 0.600. The Kier molecular flexibility index (Phi) is 8.49. The Morgan fingerprint density at radius 1 is 1.24 bits per heavy atom. The van der Waals surface area contributed by atoms with Gasteiger partial charge in [-0.25, -0.2) is 0 Å². The van der Waals surface area contributed by atoms with E-state index in [0.717, 1.165) is 17.8 Å². The summed E-state index contributed by atoms with van der Waals surface area (Å²) in [6.45, 7) is 6.62. The van der Waals surface area contributed by atoms with Crippen LogP contribution in [-0.4, -0.2) is 67.3 Å². The minimum absolute atomic E-state index is 0.00918. The molecule has 8 nitrogen and oxygen atoms in total. The number of aryl methyl sites for hydroxylation is 1. The van der Waals surface area contributed by atoms with E-state index in [9.17, 15) is 19.6 Å². The van der Waals surface area contributed by atoms with Gasteiger partial charge in [0.25, 0.3) is 0 Å². The molecule has 3 atom stereocenters. The third-order valence-electron chi connectivity index (χ3n) is 5.07. The molecule has 1 saturated heterocycles. The van der Waals surface area contributed by atoms with Crippen molar-refractivity contribution in [3.63, 3.8) is 0 Å². The quantitative estimate of drug-likeness (QED) is 0.416. The first-order valence-electron chi connectivity index (χ1n) is 10.0. The highest BCUT2D eigenvalue weighted by atomic mass is 16.5. The van der Waals surface area contributed by atoms with Crippen molar-refractivity contribution in [2.24, 2.45) is 5.92 Å². The van der Waals surface area contributed by atoms with Gasteiger partial charge in [-0.3, -0.25) is 9.59 Å². The van der Waals surface area contributed by atoms with Gasteiger partial charge in [0, 0.05) is 19.3 Å². The highest BCUT2D eigenvalue weighted by Crippen LogP contribution is 2.26. The molecule has 160 valence electrons. The summed E-state index contributed by atoms with van der Waals surface area (Å²) in [6, 6.07) is 6.69. The number of ether oxygens (including phenoxy) is 1. The van der Waals surface area contributed by atoms with Gasteiger partial charge in [-0.1, -0.05) is 31.5 Å². The summed E-state index contributed by atoms with van der Waals surface area (Å²) in [4.78, 5) is 27.4. The number of benzene rings is 1. The molecule has 1 aliphatic rings. The van der Waals surface area contributed by atoms with E-state index in [-0.39, 0.29) is 24.5 Å². The van der Waals surface area contributed by atoms with Gasteiger partial charge in [0.1, 0.15) is 12.1 Å². The summed E-state index contributed by atoms with van der Waals surface area (Å²) in [7, 11) is -0.232. The Labute approximate surface area is 172 Å². The van der Waals surface area contributed by atoms with Crippen molar-refractivity contribution in [2.75, 3.05) is 25.2 Å². The van der Waals surface area contributed by atoms with Crippen LogP contribution in [0.25, 0.3) is 0 Å². The SMILES string of the molecule is COC[C@H](NC(=O)[C@@H]1CCN1c1ccc(C)cc1)C(=O)N[C@H](CC(C)C)B(O)O. The second-order valence-electron chi connectivity index (χ2n) is 8.01. The van der Waals surface area contributed by atoms with Gasteiger partial charge in [-0.2, -0.15) is 0 Å². The van der Waals surface area contributed by atoms with Crippen molar-refractivity contribution in [2.45, 2.75) is 51.6 Å². The topological polar surface area (TPSA) is 111 Å². The van der Waals surface area contributed by atoms with Crippen LogP contribution in [-0.2, 0) is 14.3 Å². The number of methoxy groups -OCH3 is 1. The average molecular weight is 405 g/mol. The monoisotopic (exact) mass is 405 g/mol. The first-order valence-corrected chi connectivity index (χ1v) is 10.0. The van der Waals surface area contributed by atoms with Crippen molar-refractivity contribution in [3.8, 4) is 0 Å². The standard InChI is InChI=1S/C20H32BN3O5/c1-13(2)11-18(21(27)28)23-19(25)16(12-29-4)22-20(26)17-9-10-24(17)15-7-5-14(3)6-8-15/h5-8,13,16-18,27-28H,9-12H2,1-4H3,(H,22,26)(H,23,25)/t16-,17-,18+/m0/s1. The van der Waals surface area contributed by atoms with Crippen LogP contribution < -0.4 is 15.5 Å². The van der Waals surface area contributed by atoms with E-state index < -0.39 is 25.0 Å². The molecule has 0 saturated carbocycles. The summed E-state index contributed by atoms with van der Waals surface area (Å²) >= 11 is 0. The predicted molar refractivity (Wildman–Crippen MR) is 112 cm³/mol. The van der Waals surface area contributed by atoms with Crippen LogP contribution in [0, 0.1) is 12.8 Å². The molecule has 0 radical (unpaired) electrons. The lowest BCUT2D eigenvalue weighted by atomic mass is 9.75. The van der Waals surface area contributed by atoms with Crippen molar-refractivity contribution in [1.82, 2.24) is 10.6 Å². The number of carbonyl (C=O) groups is 2. The molecule has 1 heterocycles. The Hall–Kier alpha value is -2.10. The fourth-order valence-corrected chi connectivity index (χ4v) is 3.37. The van der Waals surface area contributed by atoms with Crippen LogP contribution in [0.4, 0.5) is 5.69 Å². The number of rotatable bonds is 10. The van der Waals surface area contributed by atoms with Gasteiger partial charge >= 0.3 is 7.12 Å². The molecule has 1 aromatic rings. The lowest BCUT2D eigenvalue weighted by Crippen LogP contribution is -2.61. The summed E-state index contributed by atoms with van der Waals surface area (Å²) in [5.41, 5.74) is 2.12. The lowest BCUT2D eigenvalue weighted by molar-refractivity contribution is -0.131. The molecule has 0 bridgehead atoms. The Morgan fingerprint density at radius 2 is 1.90 bits per heavy atom. The molecule has 4 N–H and O–H groups in total. The molecule has 29 heavy (non-hydrogen) atoms. The van der Waals surface area contributed by atoms with Crippen LogP contribution in [0.15, 0.2) is 24.3 Å². The average Bonchev–Trinajstić information content (AvgIpc) is 2.61. The van der Waals surface area contributed by atoms with E-state index >= 15 is 0 Å². The van der Waals surface area contributed by atoms with Gasteiger partial charge in [0.05, 0.1) is 12.5 Å². The zero-order chi connectivity index (χ0) is 21.6. The van der Waals surface area contributed by atoms with Crippen LogP contribution in [0.2, 0.25) is 0 Å². The zero-order valence-corrected chi connectivity index (χ0v) is 17.6. The zero-order valence-electron chi connectivity index (χ0n) is 17.6. The van der Waals surface area contributed by atoms with E-state index in [0.29, 0.717) is 12.8 Å². The van der Waals surface area contributed by atoms with Gasteiger partial charge in [-0.05, 0) is 37.8 Å². The van der Waals surface area contributed by atoms with Gasteiger partial charge < -0.3 is 30.3 Å². The van der Waals surface area contributed by atoms with E-state index in [4.69, 9.17) is 4.74 Å². The third kappa shape index (κ3) is 6.45. The number of carbonyl (C=O) groups excluding carboxylic acids is 2.